The molecule has 2 N–H and O–H groups in total. The van der Waals surface area contributed by atoms with Crippen LogP contribution in [0.3, 0.4) is 0 Å². The minimum Gasteiger partial charge on any atom is -0.475 e. The molecule has 2 amide bonds. The number of sulfonamides is 1. The number of urea groups is 1. The molecule has 2 aromatic heterocycles. The maximum atomic E-state index is 12.8. The molecule has 9 nitrogen and oxygen atoms in total. The predicted octanol–water partition coefficient (Wildman–Crippen LogP) is 3.07. The Morgan fingerprint density at radius 3 is 2.84 bits per heavy atom. The lowest BCUT2D eigenvalue weighted by molar-refractivity contribution is 0.164. The van der Waals surface area contributed by atoms with Crippen LogP contribution in [0.1, 0.15) is 31.4 Å². The maximum absolute atomic E-state index is 12.8. The molecule has 0 atom stereocenters. The molecule has 1 aliphatic heterocycles. The van der Waals surface area contributed by atoms with Crippen LogP contribution in [0.5, 0.6) is 5.88 Å². The van der Waals surface area contributed by atoms with Crippen LogP contribution in [0, 0.1) is 0 Å². The van der Waals surface area contributed by atoms with E-state index in [4.69, 9.17) is 4.74 Å². The molecule has 2 aliphatic rings. The summed E-state index contributed by atoms with van der Waals surface area (Å²) in [7, 11) is -4.16. The van der Waals surface area contributed by atoms with E-state index < -0.39 is 21.6 Å². The number of ether oxygens (including phenoxy) is 1. The van der Waals surface area contributed by atoms with Crippen molar-refractivity contribution in [2.45, 2.75) is 43.7 Å². The Labute approximate surface area is 185 Å². The SMILES string of the molecule is CC1(C)COc2cc(ccn2)-c2ccc3c(c2NC(=O)NS(=O)(=O)c2ccn1n2)CCC3. The highest BCUT2D eigenvalue weighted by Gasteiger charge is 2.28. The lowest BCUT2D eigenvalue weighted by Crippen LogP contribution is -2.36. The Kier molecular flexibility index (Phi) is 4.70. The van der Waals surface area contributed by atoms with Gasteiger partial charge in [-0.15, -0.1) is 0 Å². The summed E-state index contributed by atoms with van der Waals surface area (Å²) in [6.45, 7) is 3.96. The number of hydrogen-bond donors (Lipinski definition) is 2. The van der Waals surface area contributed by atoms with Crippen LogP contribution in [0.25, 0.3) is 11.1 Å². The van der Waals surface area contributed by atoms with Gasteiger partial charge in [-0.25, -0.2) is 14.5 Å². The van der Waals surface area contributed by atoms with Gasteiger partial charge >= 0.3 is 6.03 Å². The van der Waals surface area contributed by atoms with Crippen LogP contribution in [-0.4, -0.2) is 35.8 Å². The minimum atomic E-state index is -4.16. The van der Waals surface area contributed by atoms with Gasteiger partial charge in [-0.05, 0) is 61.9 Å². The van der Waals surface area contributed by atoms with Crippen LogP contribution < -0.4 is 14.8 Å². The summed E-state index contributed by atoms with van der Waals surface area (Å²) >= 11 is 0. The van der Waals surface area contributed by atoms with E-state index in [9.17, 15) is 13.2 Å². The summed E-state index contributed by atoms with van der Waals surface area (Å²) in [5.41, 5.74) is 3.70. The second-order valence-electron chi connectivity index (χ2n) is 8.62. The fourth-order valence-electron chi connectivity index (χ4n) is 4.12. The molecule has 1 aliphatic carbocycles. The standard InChI is InChI=1S/C22H23N5O4S/c1-22(2)13-31-18-12-15(8-10-23-18)17-7-6-14-4-3-5-16(14)20(17)24-21(28)26-32(29,30)19-9-11-27(22)25-19/h6-12H,3-5,13H2,1-2H3,(H2,24,26,28). The topological polar surface area (TPSA) is 115 Å². The van der Waals surface area contributed by atoms with Gasteiger partial charge < -0.3 is 10.1 Å². The molecule has 0 fully saturated rings. The van der Waals surface area contributed by atoms with Gasteiger partial charge in [0.1, 0.15) is 6.61 Å². The third kappa shape index (κ3) is 3.60. The smallest absolute Gasteiger partial charge is 0.333 e. The fourth-order valence-corrected chi connectivity index (χ4v) is 4.96. The highest BCUT2D eigenvalue weighted by molar-refractivity contribution is 7.90. The summed E-state index contributed by atoms with van der Waals surface area (Å²) < 4.78 is 35.1. The minimum absolute atomic E-state index is 0.215. The average molecular weight is 454 g/mol. The van der Waals surface area contributed by atoms with Crippen molar-refractivity contribution in [1.29, 1.82) is 0 Å². The monoisotopic (exact) mass is 453 g/mol. The van der Waals surface area contributed by atoms with E-state index in [0.29, 0.717) is 11.6 Å². The number of carbonyl (C=O) groups is 1. The zero-order valence-corrected chi connectivity index (χ0v) is 18.6. The Hall–Kier alpha value is -3.40. The first-order valence-electron chi connectivity index (χ1n) is 10.4. The molecule has 32 heavy (non-hydrogen) atoms. The third-order valence-corrected chi connectivity index (χ3v) is 7.05. The first-order chi connectivity index (χ1) is 15.2. The Morgan fingerprint density at radius 1 is 1.16 bits per heavy atom. The van der Waals surface area contributed by atoms with E-state index in [1.54, 1.807) is 12.4 Å². The molecule has 166 valence electrons. The first kappa shape index (κ1) is 20.5. The normalized spacial score (nSPS) is 18.8. The number of amides is 2. The number of aryl methyl sites for hydroxylation is 1. The van der Waals surface area contributed by atoms with Crippen molar-refractivity contribution in [3.63, 3.8) is 0 Å². The lowest BCUT2D eigenvalue weighted by atomic mass is 9.98. The Bertz CT molecular complexity index is 1330. The number of hydrogen-bond acceptors (Lipinski definition) is 6. The van der Waals surface area contributed by atoms with Crippen molar-refractivity contribution in [3.8, 4) is 17.0 Å². The van der Waals surface area contributed by atoms with Crippen LogP contribution in [-0.2, 0) is 28.4 Å². The average Bonchev–Trinajstić information content (AvgIpc) is 3.42. The molecule has 3 heterocycles. The molecule has 0 radical (unpaired) electrons. The number of nitrogens with one attached hydrogen (secondary N) is 2. The molecular weight excluding hydrogens is 430 g/mol. The molecule has 3 aromatic rings. The first-order valence-corrected chi connectivity index (χ1v) is 11.9. The van der Waals surface area contributed by atoms with Crippen molar-refractivity contribution < 1.29 is 17.9 Å². The van der Waals surface area contributed by atoms with E-state index in [1.165, 1.54) is 10.7 Å². The molecule has 10 heteroatoms. The summed E-state index contributed by atoms with van der Waals surface area (Å²) in [4.78, 5) is 17.1. The van der Waals surface area contributed by atoms with Crippen molar-refractivity contribution in [3.05, 3.63) is 53.9 Å². The summed E-state index contributed by atoms with van der Waals surface area (Å²) in [5, 5.41) is 6.72. The summed E-state index contributed by atoms with van der Waals surface area (Å²) in [5.74, 6) is 0.432. The van der Waals surface area contributed by atoms with E-state index >= 15 is 0 Å². The van der Waals surface area contributed by atoms with Gasteiger partial charge in [-0.1, -0.05) is 12.1 Å². The van der Waals surface area contributed by atoms with E-state index in [-0.39, 0.29) is 11.6 Å². The molecule has 5 rings (SSSR count). The van der Waals surface area contributed by atoms with Gasteiger partial charge in [0.15, 0.2) is 5.03 Å². The molecule has 4 bridgehead atoms. The van der Waals surface area contributed by atoms with Gasteiger partial charge in [0, 0.05) is 24.0 Å². The third-order valence-electron chi connectivity index (χ3n) is 5.83. The van der Waals surface area contributed by atoms with Gasteiger partial charge in [-0.3, -0.25) is 4.68 Å². The van der Waals surface area contributed by atoms with E-state index in [1.807, 2.05) is 32.0 Å². The number of aromatic nitrogens is 3. The van der Waals surface area contributed by atoms with Crippen LogP contribution >= 0.6 is 0 Å². The number of nitrogens with zero attached hydrogens (tertiary/aromatic N) is 3. The predicted molar refractivity (Wildman–Crippen MR) is 118 cm³/mol. The quantitative estimate of drug-likeness (QED) is 0.541. The van der Waals surface area contributed by atoms with Crippen molar-refractivity contribution in [1.82, 2.24) is 19.5 Å². The number of rotatable bonds is 0. The summed E-state index contributed by atoms with van der Waals surface area (Å²) in [6, 6.07) is 8.18. The van der Waals surface area contributed by atoms with E-state index in [2.05, 4.69) is 26.2 Å². The van der Waals surface area contributed by atoms with Gasteiger partial charge in [-0.2, -0.15) is 13.5 Å². The number of carbonyl (C=O) groups excluding carboxylic acids is 1. The number of benzene rings is 1. The molecule has 0 spiro atoms. The molecular formula is C22H23N5O4S. The van der Waals surface area contributed by atoms with E-state index in [0.717, 1.165) is 41.5 Å². The highest BCUT2D eigenvalue weighted by Crippen LogP contribution is 2.38. The molecule has 1 aromatic carbocycles. The van der Waals surface area contributed by atoms with Gasteiger partial charge in [0.25, 0.3) is 10.0 Å². The largest absolute Gasteiger partial charge is 0.475 e. The van der Waals surface area contributed by atoms with Crippen molar-refractivity contribution in [2.75, 3.05) is 11.9 Å². The number of pyridine rings is 1. The zero-order chi connectivity index (χ0) is 22.5. The Balaban J connectivity index is 1.66. The second-order valence-corrected chi connectivity index (χ2v) is 10.3. The van der Waals surface area contributed by atoms with Gasteiger partial charge in [0.2, 0.25) is 5.88 Å². The van der Waals surface area contributed by atoms with Gasteiger partial charge in [0.05, 0.1) is 11.2 Å². The van der Waals surface area contributed by atoms with Crippen molar-refractivity contribution in [2.24, 2.45) is 0 Å². The van der Waals surface area contributed by atoms with Crippen molar-refractivity contribution >= 4 is 21.7 Å². The zero-order valence-electron chi connectivity index (χ0n) is 17.8. The molecule has 0 unspecified atom stereocenters. The number of anilines is 1. The van der Waals surface area contributed by atoms with Crippen LogP contribution in [0.2, 0.25) is 0 Å². The summed E-state index contributed by atoms with van der Waals surface area (Å²) in [6.07, 6.45) is 5.90. The highest BCUT2D eigenvalue weighted by atomic mass is 32.2. The Morgan fingerprint density at radius 2 is 2.00 bits per heavy atom. The maximum Gasteiger partial charge on any atom is 0.333 e. The van der Waals surface area contributed by atoms with Crippen LogP contribution in [0.4, 0.5) is 10.5 Å². The lowest BCUT2D eigenvalue weighted by Gasteiger charge is -2.25. The second kappa shape index (κ2) is 7.33. The molecule has 0 saturated heterocycles. The fraction of sp³-hybridized carbons (Fsp3) is 0.318. The van der Waals surface area contributed by atoms with Crippen LogP contribution in [0.15, 0.2) is 47.8 Å². The number of fused-ring (bicyclic) bond motifs is 8. The molecule has 0 saturated carbocycles.